The largest absolute Gasteiger partial charge is 0.328 e. The highest BCUT2D eigenvalue weighted by atomic mass is 79.9. The van der Waals surface area contributed by atoms with Gasteiger partial charge in [-0.3, -0.25) is 9.78 Å². The third-order valence-electron chi connectivity index (χ3n) is 2.68. The molecule has 0 aliphatic rings. The molecule has 0 spiro atoms. The SMILES string of the molecule is O=c1ccn(CCCCCCCCBr)c(=O)[nH]1. The van der Waals surface area contributed by atoms with Crippen LogP contribution in [0, 0.1) is 0 Å². The van der Waals surface area contributed by atoms with Gasteiger partial charge < -0.3 is 4.57 Å². The lowest BCUT2D eigenvalue weighted by Crippen LogP contribution is -2.28. The number of hydrogen-bond acceptors (Lipinski definition) is 2. The van der Waals surface area contributed by atoms with E-state index in [-0.39, 0.29) is 11.2 Å². The van der Waals surface area contributed by atoms with Crippen LogP contribution < -0.4 is 11.2 Å². The molecule has 1 rings (SSSR count). The molecule has 1 N–H and O–H groups in total. The number of nitrogens with zero attached hydrogens (tertiary/aromatic N) is 1. The summed E-state index contributed by atoms with van der Waals surface area (Å²) in [6.45, 7) is 0.689. The van der Waals surface area contributed by atoms with Gasteiger partial charge in [-0.1, -0.05) is 41.6 Å². The Kier molecular flexibility index (Phi) is 6.93. The van der Waals surface area contributed by atoms with Crippen molar-refractivity contribution in [2.45, 2.75) is 45.1 Å². The van der Waals surface area contributed by atoms with Crippen molar-refractivity contribution < 1.29 is 0 Å². The van der Waals surface area contributed by atoms with E-state index in [1.165, 1.54) is 31.7 Å². The third kappa shape index (κ3) is 5.86. The summed E-state index contributed by atoms with van der Waals surface area (Å²) in [5.74, 6) is 0. The molecule has 0 aromatic carbocycles. The number of aromatic amines is 1. The zero-order valence-corrected chi connectivity index (χ0v) is 11.5. The van der Waals surface area contributed by atoms with E-state index < -0.39 is 0 Å². The lowest BCUT2D eigenvalue weighted by atomic mass is 10.1. The monoisotopic (exact) mass is 302 g/mol. The summed E-state index contributed by atoms with van der Waals surface area (Å²) in [5, 5.41) is 1.08. The van der Waals surface area contributed by atoms with Crippen LogP contribution >= 0.6 is 15.9 Å². The van der Waals surface area contributed by atoms with Crippen molar-refractivity contribution in [2.24, 2.45) is 0 Å². The maximum Gasteiger partial charge on any atom is 0.328 e. The molecule has 0 atom stereocenters. The lowest BCUT2D eigenvalue weighted by molar-refractivity contribution is 0.543. The highest BCUT2D eigenvalue weighted by molar-refractivity contribution is 9.09. The number of nitrogens with one attached hydrogen (secondary N) is 1. The van der Waals surface area contributed by atoms with Crippen LogP contribution in [0.5, 0.6) is 0 Å². The summed E-state index contributed by atoms with van der Waals surface area (Å²) < 4.78 is 1.56. The van der Waals surface area contributed by atoms with E-state index in [2.05, 4.69) is 20.9 Å². The van der Waals surface area contributed by atoms with Crippen molar-refractivity contribution in [1.29, 1.82) is 0 Å². The first-order chi connectivity index (χ1) is 8.24. The maximum absolute atomic E-state index is 11.3. The summed E-state index contributed by atoms with van der Waals surface area (Å²) in [7, 11) is 0. The number of halogens is 1. The van der Waals surface area contributed by atoms with E-state index in [0.29, 0.717) is 6.54 Å². The zero-order chi connectivity index (χ0) is 12.5. The van der Waals surface area contributed by atoms with Crippen molar-refractivity contribution >= 4 is 15.9 Å². The Morgan fingerprint density at radius 3 is 2.35 bits per heavy atom. The van der Waals surface area contributed by atoms with E-state index >= 15 is 0 Å². The normalized spacial score (nSPS) is 10.6. The minimum absolute atomic E-state index is 0.309. The standard InChI is InChI=1S/C12H19BrN2O2/c13-8-5-3-1-2-4-6-9-15-10-7-11(16)14-12(15)17/h7,10H,1-6,8-9H2,(H,14,16,17). The van der Waals surface area contributed by atoms with Crippen molar-refractivity contribution in [3.05, 3.63) is 33.1 Å². The van der Waals surface area contributed by atoms with Gasteiger partial charge in [-0.05, 0) is 12.8 Å². The average Bonchev–Trinajstić information content (AvgIpc) is 2.30. The number of alkyl halides is 1. The fraction of sp³-hybridized carbons (Fsp3) is 0.667. The smallest absolute Gasteiger partial charge is 0.301 e. The first kappa shape index (κ1) is 14.2. The maximum atomic E-state index is 11.3. The van der Waals surface area contributed by atoms with Gasteiger partial charge in [0.05, 0.1) is 0 Å². The number of rotatable bonds is 8. The Morgan fingerprint density at radius 2 is 1.71 bits per heavy atom. The number of hydrogen-bond donors (Lipinski definition) is 1. The summed E-state index contributed by atoms with van der Waals surface area (Å²) in [5.41, 5.74) is -0.641. The lowest BCUT2D eigenvalue weighted by Gasteiger charge is -2.04. The topological polar surface area (TPSA) is 54.9 Å². The fourth-order valence-corrected chi connectivity index (χ4v) is 2.10. The van der Waals surface area contributed by atoms with Crippen molar-refractivity contribution in [3.63, 3.8) is 0 Å². The summed E-state index contributed by atoms with van der Waals surface area (Å²) in [6, 6.07) is 1.39. The highest BCUT2D eigenvalue weighted by Crippen LogP contribution is 2.06. The van der Waals surface area contributed by atoms with Gasteiger partial charge in [0.1, 0.15) is 0 Å². The molecule has 0 fully saturated rings. The molecule has 1 aromatic heterocycles. The van der Waals surface area contributed by atoms with Crippen LogP contribution in [-0.2, 0) is 6.54 Å². The van der Waals surface area contributed by atoms with Gasteiger partial charge in [0.25, 0.3) is 5.56 Å². The molecule has 0 saturated heterocycles. The molecule has 0 amide bonds. The molecule has 1 aromatic rings. The number of unbranched alkanes of at least 4 members (excludes halogenated alkanes) is 5. The minimum atomic E-state index is -0.332. The Morgan fingerprint density at radius 1 is 1.06 bits per heavy atom. The van der Waals surface area contributed by atoms with Gasteiger partial charge in [0.15, 0.2) is 0 Å². The Hall–Kier alpha value is -0.840. The molecule has 0 aliphatic heterocycles. The van der Waals surface area contributed by atoms with Gasteiger partial charge in [-0.15, -0.1) is 0 Å². The Bertz CT molecular complexity index is 425. The third-order valence-corrected chi connectivity index (χ3v) is 3.24. The first-order valence-electron chi connectivity index (χ1n) is 6.10. The van der Waals surface area contributed by atoms with Crippen molar-refractivity contribution in [2.75, 3.05) is 5.33 Å². The quantitative estimate of drug-likeness (QED) is 0.591. The molecule has 5 heteroatoms. The van der Waals surface area contributed by atoms with Gasteiger partial charge in [-0.25, -0.2) is 4.79 Å². The molecule has 1 heterocycles. The fourth-order valence-electron chi connectivity index (χ4n) is 1.70. The molecular weight excluding hydrogens is 284 g/mol. The van der Waals surface area contributed by atoms with Crippen molar-refractivity contribution in [1.82, 2.24) is 9.55 Å². The van der Waals surface area contributed by atoms with E-state index in [4.69, 9.17) is 0 Å². The highest BCUT2D eigenvalue weighted by Gasteiger charge is 1.96. The van der Waals surface area contributed by atoms with Gasteiger partial charge in [0.2, 0.25) is 0 Å². The first-order valence-corrected chi connectivity index (χ1v) is 7.22. The van der Waals surface area contributed by atoms with Gasteiger partial charge >= 0.3 is 5.69 Å². The molecule has 0 bridgehead atoms. The van der Waals surface area contributed by atoms with Gasteiger partial charge in [-0.2, -0.15) is 0 Å². The molecule has 0 saturated carbocycles. The molecule has 4 nitrogen and oxygen atoms in total. The molecule has 96 valence electrons. The predicted molar refractivity (Wildman–Crippen MR) is 72.8 cm³/mol. The summed E-state index contributed by atoms with van der Waals surface area (Å²) >= 11 is 3.41. The van der Waals surface area contributed by atoms with Crippen LogP contribution in [0.2, 0.25) is 0 Å². The van der Waals surface area contributed by atoms with Crippen LogP contribution in [0.15, 0.2) is 21.9 Å². The molecule has 0 radical (unpaired) electrons. The number of aromatic nitrogens is 2. The minimum Gasteiger partial charge on any atom is -0.301 e. The van der Waals surface area contributed by atoms with Gasteiger partial charge in [0, 0.05) is 24.1 Å². The van der Waals surface area contributed by atoms with E-state index in [1.54, 1.807) is 10.8 Å². The number of aryl methyl sites for hydroxylation is 1. The zero-order valence-electron chi connectivity index (χ0n) is 9.95. The predicted octanol–water partition coefficient (Wildman–Crippen LogP) is 2.27. The molecular formula is C12H19BrN2O2. The summed E-state index contributed by atoms with van der Waals surface area (Å²) in [4.78, 5) is 24.4. The second-order valence-electron chi connectivity index (χ2n) is 4.11. The van der Waals surface area contributed by atoms with Crippen LogP contribution in [0.25, 0.3) is 0 Å². The number of H-pyrrole nitrogens is 1. The molecule has 17 heavy (non-hydrogen) atoms. The van der Waals surface area contributed by atoms with Crippen LogP contribution in [0.1, 0.15) is 38.5 Å². The van der Waals surface area contributed by atoms with Crippen LogP contribution in [0.4, 0.5) is 0 Å². The van der Waals surface area contributed by atoms with Crippen LogP contribution in [0.3, 0.4) is 0 Å². The second kappa shape index (κ2) is 8.28. The van der Waals surface area contributed by atoms with Crippen molar-refractivity contribution in [3.8, 4) is 0 Å². The van der Waals surface area contributed by atoms with E-state index in [1.807, 2.05) is 0 Å². The van der Waals surface area contributed by atoms with Crippen LogP contribution in [-0.4, -0.2) is 14.9 Å². The average molecular weight is 303 g/mol. The molecule has 0 aliphatic carbocycles. The Labute approximate surface area is 109 Å². The molecule has 0 unspecified atom stereocenters. The Balaban J connectivity index is 2.18. The summed E-state index contributed by atoms with van der Waals surface area (Å²) in [6.07, 6.45) is 8.65. The second-order valence-corrected chi connectivity index (χ2v) is 4.91. The van der Waals surface area contributed by atoms with E-state index in [9.17, 15) is 9.59 Å². The van der Waals surface area contributed by atoms with E-state index in [0.717, 1.165) is 18.2 Å².